The van der Waals surface area contributed by atoms with Crippen molar-refractivity contribution in [3.8, 4) is 33.7 Å². The van der Waals surface area contributed by atoms with Crippen LogP contribution >= 0.6 is 0 Å². The zero-order valence-corrected chi connectivity index (χ0v) is 27.5. The molecule has 0 unspecified atom stereocenters. The number of nitrogens with zero attached hydrogens (tertiary/aromatic N) is 2. The average Bonchev–Trinajstić information content (AvgIpc) is 3.81. The number of benzene rings is 8. The number of furan rings is 1. The van der Waals surface area contributed by atoms with Crippen LogP contribution in [0.3, 0.4) is 0 Å². The summed E-state index contributed by atoms with van der Waals surface area (Å²) in [6.07, 6.45) is 0. The monoisotopic (exact) mass is 654 g/mol. The van der Waals surface area contributed by atoms with E-state index in [0.29, 0.717) is 5.89 Å². The van der Waals surface area contributed by atoms with E-state index in [4.69, 9.17) is 13.8 Å². The Bertz CT molecular complexity index is 2790. The fourth-order valence-electron chi connectivity index (χ4n) is 7.27. The van der Waals surface area contributed by atoms with Gasteiger partial charge in [-0.2, -0.15) is 0 Å². The molecule has 0 aliphatic heterocycles. The van der Waals surface area contributed by atoms with E-state index in [1.165, 1.54) is 11.1 Å². The third-order valence-electron chi connectivity index (χ3n) is 9.67. The number of oxazole rings is 1. The number of hydrogen-bond acceptors (Lipinski definition) is 4. The van der Waals surface area contributed by atoms with E-state index in [1.54, 1.807) is 0 Å². The smallest absolute Gasteiger partial charge is 0.228 e. The van der Waals surface area contributed by atoms with Crippen LogP contribution in [0, 0.1) is 0 Å². The maximum Gasteiger partial charge on any atom is 0.228 e. The molecule has 0 saturated heterocycles. The van der Waals surface area contributed by atoms with Gasteiger partial charge in [0.25, 0.3) is 0 Å². The number of hydrogen-bond donors (Lipinski definition) is 0. The molecule has 0 aliphatic carbocycles. The molecular weight excluding hydrogens is 625 g/mol. The standard InChI is InChI=1S/C47H30N2O2/c1-3-12-31(13-4-1)34-17-9-19-36(28-34)49(37-20-10-18-35(29-37)32-14-5-2-6-15-32)38-25-27-42-41(30-38)45-40(22-11-23-43(45)50-42)47-48-46-39-21-8-7-16-33(39)24-26-44(46)51-47/h1-30H. The van der Waals surface area contributed by atoms with Gasteiger partial charge in [-0.05, 0) is 88.3 Å². The van der Waals surface area contributed by atoms with E-state index in [-0.39, 0.29) is 0 Å². The molecule has 0 saturated carbocycles. The normalized spacial score (nSPS) is 11.5. The summed E-state index contributed by atoms with van der Waals surface area (Å²) in [7, 11) is 0. The van der Waals surface area contributed by atoms with Gasteiger partial charge >= 0.3 is 0 Å². The number of fused-ring (bicyclic) bond motifs is 6. The lowest BCUT2D eigenvalue weighted by atomic mass is 10.0. The minimum absolute atomic E-state index is 0.572. The SMILES string of the molecule is c1ccc(-c2cccc(N(c3cccc(-c4ccccc4)c3)c3ccc4oc5cccc(-c6nc7c(ccc8ccccc87)o6)c5c4c3)c2)cc1. The molecule has 0 N–H and O–H groups in total. The molecule has 240 valence electrons. The van der Waals surface area contributed by atoms with Crippen molar-refractivity contribution in [2.45, 2.75) is 0 Å². The van der Waals surface area contributed by atoms with Crippen LogP contribution in [0.15, 0.2) is 191 Å². The van der Waals surface area contributed by atoms with Crippen molar-refractivity contribution in [1.29, 1.82) is 0 Å². The van der Waals surface area contributed by atoms with E-state index in [2.05, 4.69) is 157 Å². The Kier molecular flexibility index (Phi) is 6.78. The molecule has 51 heavy (non-hydrogen) atoms. The average molecular weight is 655 g/mol. The van der Waals surface area contributed by atoms with Crippen LogP contribution in [0.25, 0.3) is 77.5 Å². The Morgan fingerprint density at radius 3 is 1.73 bits per heavy atom. The highest BCUT2D eigenvalue weighted by atomic mass is 16.3. The van der Waals surface area contributed by atoms with E-state index in [9.17, 15) is 0 Å². The van der Waals surface area contributed by atoms with Gasteiger partial charge in [-0.3, -0.25) is 0 Å². The maximum absolute atomic E-state index is 6.47. The van der Waals surface area contributed by atoms with Crippen molar-refractivity contribution < 1.29 is 8.83 Å². The predicted molar refractivity (Wildman–Crippen MR) is 210 cm³/mol. The highest BCUT2D eigenvalue weighted by molar-refractivity contribution is 6.13. The summed E-state index contributed by atoms with van der Waals surface area (Å²) in [4.78, 5) is 7.38. The summed E-state index contributed by atoms with van der Waals surface area (Å²) in [5.41, 5.74) is 11.9. The van der Waals surface area contributed by atoms with E-state index in [0.717, 1.165) is 77.6 Å². The van der Waals surface area contributed by atoms with Gasteiger partial charge in [0.2, 0.25) is 5.89 Å². The zero-order chi connectivity index (χ0) is 33.7. The van der Waals surface area contributed by atoms with Crippen LogP contribution in [-0.2, 0) is 0 Å². The van der Waals surface area contributed by atoms with Crippen molar-refractivity contribution in [2.75, 3.05) is 4.90 Å². The Labute approximate surface area is 294 Å². The Morgan fingerprint density at radius 2 is 1.00 bits per heavy atom. The molecule has 10 aromatic rings. The zero-order valence-electron chi connectivity index (χ0n) is 27.5. The van der Waals surface area contributed by atoms with Gasteiger partial charge in [-0.15, -0.1) is 0 Å². The van der Waals surface area contributed by atoms with Crippen molar-refractivity contribution >= 4 is 60.9 Å². The third-order valence-corrected chi connectivity index (χ3v) is 9.67. The van der Waals surface area contributed by atoms with Crippen LogP contribution in [0.1, 0.15) is 0 Å². The molecule has 10 rings (SSSR count). The second kappa shape index (κ2) is 11.9. The van der Waals surface area contributed by atoms with Crippen LogP contribution in [0.4, 0.5) is 17.1 Å². The molecule has 0 spiro atoms. The molecule has 2 heterocycles. The summed E-state index contributed by atoms with van der Waals surface area (Å²) >= 11 is 0. The van der Waals surface area contributed by atoms with Crippen LogP contribution < -0.4 is 4.90 Å². The molecule has 0 aliphatic rings. The van der Waals surface area contributed by atoms with Crippen LogP contribution in [0.2, 0.25) is 0 Å². The van der Waals surface area contributed by atoms with E-state index >= 15 is 0 Å². The minimum Gasteiger partial charge on any atom is -0.456 e. The van der Waals surface area contributed by atoms with Crippen LogP contribution in [-0.4, -0.2) is 4.98 Å². The van der Waals surface area contributed by atoms with Gasteiger partial charge in [0.1, 0.15) is 16.7 Å². The van der Waals surface area contributed by atoms with E-state index < -0.39 is 0 Å². The first-order valence-corrected chi connectivity index (χ1v) is 17.1. The third kappa shape index (κ3) is 5.04. The minimum atomic E-state index is 0.572. The van der Waals surface area contributed by atoms with Gasteiger partial charge in [0, 0.05) is 38.8 Å². The van der Waals surface area contributed by atoms with E-state index in [1.807, 2.05) is 30.3 Å². The second-order valence-electron chi connectivity index (χ2n) is 12.8. The summed E-state index contributed by atoms with van der Waals surface area (Å²) in [5.74, 6) is 0.572. The Hall–Kier alpha value is -6.91. The molecule has 8 aromatic carbocycles. The van der Waals surface area contributed by atoms with Gasteiger partial charge in [0.15, 0.2) is 5.58 Å². The topological polar surface area (TPSA) is 42.4 Å². The molecule has 0 atom stereocenters. The first kappa shape index (κ1) is 29.0. The van der Waals surface area contributed by atoms with Crippen molar-refractivity contribution in [1.82, 2.24) is 4.98 Å². The van der Waals surface area contributed by atoms with Crippen molar-refractivity contribution in [3.63, 3.8) is 0 Å². The maximum atomic E-state index is 6.47. The van der Waals surface area contributed by atoms with Gasteiger partial charge in [-0.25, -0.2) is 4.98 Å². The number of aromatic nitrogens is 1. The number of rotatable bonds is 6. The first-order chi connectivity index (χ1) is 25.3. The summed E-state index contributed by atoms with van der Waals surface area (Å²) in [5, 5.41) is 4.17. The predicted octanol–water partition coefficient (Wildman–Crippen LogP) is 13.4. The summed E-state index contributed by atoms with van der Waals surface area (Å²) < 4.78 is 12.9. The summed E-state index contributed by atoms with van der Waals surface area (Å²) in [6.45, 7) is 0. The van der Waals surface area contributed by atoms with Crippen molar-refractivity contribution in [3.05, 3.63) is 182 Å². The van der Waals surface area contributed by atoms with Crippen molar-refractivity contribution in [2.24, 2.45) is 0 Å². The highest BCUT2D eigenvalue weighted by Gasteiger charge is 2.21. The second-order valence-corrected chi connectivity index (χ2v) is 12.8. The molecule has 0 amide bonds. The van der Waals surface area contributed by atoms with Gasteiger partial charge in [0.05, 0.1) is 0 Å². The Morgan fingerprint density at radius 1 is 0.392 bits per heavy atom. The molecule has 2 aromatic heterocycles. The quantitative estimate of drug-likeness (QED) is 0.179. The first-order valence-electron chi connectivity index (χ1n) is 17.1. The fourth-order valence-corrected chi connectivity index (χ4v) is 7.27. The summed E-state index contributed by atoms with van der Waals surface area (Å²) in [6, 6.07) is 63.4. The fraction of sp³-hybridized carbons (Fsp3) is 0. The largest absolute Gasteiger partial charge is 0.456 e. The molecule has 4 nitrogen and oxygen atoms in total. The van der Waals surface area contributed by atoms with Gasteiger partial charge < -0.3 is 13.7 Å². The molecular formula is C47H30N2O2. The molecule has 0 radical (unpaired) electrons. The molecule has 0 fully saturated rings. The lowest BCUT2D eigenvalue weighted by Gasteiger charge is -2.26. The van der Waals surface area contributed by atoms with Crippen LogP contribution in [0.5, 0.6) is 0 Å². The van der Waals surface area contributed by atoms with Gasteiger partial charge in [-0.1, -0.05) is 121 Å². The Balaban J connectivity index is 1.17. The highest BCUT2D eigenvalue weighted by Crippen LogP contribution is 2.43. The lowest BCUT2D eigenvalue weighted by molar-refractivity contribution is 0.620. The lowest BCUT2D eigenvalue weighted by Crippen LogP contribution is -2.10. The molecule has 0 bridgehead atoms. The molecule has 4 heteroatoms. The number of anilines is 3.